The van der Waals surface area contributed by atoms with Gasteiger partial charge in [0.05, 0.1) is 18.3 Å². The highest BCUT2D eigenvalue weighted by Crippen LogP contribution is 2.60. The molecule has 3 aromatic carbocycles. The number of fused-ring (bicyclic) bond motifs is 3. The topological polar surface area (TPSA) is 29.5 Å². The molecular formula is C24H20ClNO2S. The molecule has 29 heavy (non-hydrogen) atoms. The molecule has 0 aromatic heterocycles. The number of halogens is 1. The van der Waals surface area contributed by atoms with Crippen molar-refractivity contribution in [2.24, 2.45) is 0 Å². The van der Waals surface area contributed by atoms with E-state index in [2.05, 4.69) is 30.3 Å². The lowest BCUT2D eigenvalue weighted by Crippen LogP contribution is -2.70. The number of ether oxygens (including phenoxy) is 1. The Labute approximate surface area is 179 Å². The molecule has 1 saturated heterocycles. The van der Waals surface area contributed by atoms with E-state index >= 15 is 0 Å². The first-order valence-corrected chi connectivity index (χ1v) is 10.9. The highest BCUT2D eigenvalue weighted by Gasteiger charge is 2.63. The molecule has 5 heteroatoms. The van der Waals surface area contributed by atoms with Gasteiger partial charge in [-0.15, -0.1) is 23.4 Å². The van der Waals surface area contributed by atoms with E-state index < -0.39 is 10.9 Å². The molecule has 0 saturated carbocycles. The summed E-state index contributed by atoms with van der Waals surface area (Å²) in [6, 6.07) is 26.5. The van der Waals surface area contributed by atoms with E-state index in [4.69, 9.17) is 16.3 Å². The minimum absolute atomic E-state index is 0.0377. The Morgan fingerprint density at radius 3 is 2.41 bits per heavy atom. The lowest BCUT2D eigenvalue weighted by atomic mass is 9.72. The van der Waals surface area contributed by atoms with Gasteiger partial charge in [-0.2, -0.15) is 0 Å². The van der Waals surface area contributed by atoms with Gasteiger partial charge >= 0.3 is 0 Å². The van der Waals surface area contributed by atoms with Crippen molar-refractivity contribution in [1.82, 2.24) is 0 Å². The van der Waals surface area contributed by atoms with Crippen molar-refractivity contribution in [3.05, 3.63) is 90.0 Å². The van der Waals surface area contributed by atoms with Crippen LogP contribution in [-0.4, -0.2) is 18.4 Å². The number of hydrogen-bond acceptors (Lipinski definition) is 3. The molecule has 1 amide bonds. The minimum Gasteiger partial charge on any atom is -0.497 e. The molecule has 3 atom stereocenters. The van der Waals surface area contributed by atoms with Gasteiger partial charge in [0, 0.05) is 10.1 Å². The van der Waals surface area contributed by atoms with E-state index in [1.165, 1.54) is 5.56 Å². The molecule has 5 rings (SSSR count). The Bertz CT molecular complexity index is 1060. The van der Waals surface area contributed by atoms with Gasteiger partial charge in [-0.1, -0.05) is 54.6 Å². The van der Waals surface area contributed by atoms with Crippen molar-refractivity contribution in [3.63, 3.8) is 0 Å². The second kappa shape index (κ2) is 7.12. The number of rotatable bonds is 3. The number of methoxy groups -OCH3 is 1. The van der Waals surface area contributed by atoms with Gasteiger partial charge in [0.25, 0.3) is 0 Å². The van der Waals surface area contributed by atoms with Crippen molar-refractivity contribution in [2.75, 3.05) is 12.0 Å². The number of anilines is 1. The van der Waals surface area contributed by atoms with Crippen molar-refractivity contribution in [2.45, 2.75) is 27.5 Å². The molecule has 0 spiro atoms. The van der Waals surface area contributed by atoms with E-state index in [0.717, 1.165) is 28.3 Å². The first-order valence-electron chi connectivity index (χ1n) is 9.58. The monoisotopic (exact) mass is 421 g/mol. The molecule has 2 aliphatic heterocycles. The molecule has 2 aliphatic rings. The zero-order valence-corrected chi connectivity index (χ0v) is 17.5. The van der Waals surface area contributed by atoms with Gasteiger partial charge in [-0.3, -0.25) is 9.69 Å². The van der Waals surface area contributed by atoms with Crippen LogP contribution in [0.15, 0.2) is 83.8 Å². The van der Waals surface area contributed by atoms with Crippen LogP contribution in [0.5, 0.6) is 5.75 Å². The maximum absolute atomic E-state index is 13.0. The minimum atomic E-state index is -0.603. The fourth-order valence-electron chi connectivity index (χ4n) is 4.44. The standard InChI is InChI=1S/C24H20ClNO2S/c1-28-18-13-11-17(12-14-18)24-15-21(16-7-3-2-4-8-16)29-20-10-6-5-9-19(20)26(24)23(27)22(24)25/h2-14,21-22H,15H2,1H3/t21-,22+,24-/m0/s1. The first-order chi connectivity index (χ1) is 14.1. The average molecular weight is 422 g/mol. The van der Waals surface area contributed by atoms with Crippen LogP contribution in [-0.2, 0) is 10.3 Å². The number of para-hydroxylation sites is 1. The van der Waals surface area contributed by atoms with Crippen LogP contribution in [0.3, 0.4) is 0 Å². The Morgan fingerprint density at radius 2 is 1.69 bits per heavy atom. The molecule has 3 aromatic rings. The third-order valence-electron chi connectivity index (χ3n) is 5.89. The number of benzene rings is 3. The number of nitrogens with zero attached hydrogens (tertiary/aromatic N) is 1. The van der Waals surface area contributed by atoms with Crippen LogP contribution in [0.1, 0.15) is 22.8 Å². The highest BCUT2D eigenvalue weighted by molar-refractivity contribution is 7.99. The number of thioether (sulfide) groups is 1. The van der Waals surface area contributed by atoms with Gasteiger partial charge < -0.3 is 4.74 Å². The largest absolute Gasteiger partial charge is 0.497 e. The SMILES string of the molecule is COc1ccc([C@]23C[C@@H](c4ccccc4)Sc4ccccc4N2C(=O)[C@H]3Cl)cc1. The summed E-state index contributed by atoms with van der Waals surface area (Å²) in [5, 5.41) is -0.423. The summed E-state index contributed by atoms with van der Waals surface area (Å²) < 4.78 is 5.34. The second-order valence-electron chi connectivity index (χ2n) is 7.38. The molecule has 0 bridgehead atoms. The molecule has 3 nitrogen and oxygen atoms in total. The average Bonchev–Trinajstić information content (AvgIpc) is 2.92. The van der Waals surface area contributed by atoms with Crippen molar-refractivity contribution >= 4 is 35.0 Å². The lowest BCUT2D eigenvalue weighted by Gasteiger charge is -2.55. The summed E-state index contributed by atoms with van der Waals surface area (Å²) in [6.07, 6.45) is 0.739. The van der Waals surface area contributed by atoms with E-state index in [9.17, 15) is 4.79 Å². The molecule has 1 fully saturated rings. The molecule has 0 aliphatic carbocycles. The summed E-state index contributed by atoms with van der Waals surface area (Å²) in [4.78, 5) is 16.0. The smallest absolute Gasteiger partial charge is 0.248 e. The van der Waals surface area contributed by atoms with Crippen LogP contribution >= 0.6 is 23.4 Å². The van der Waals surface area contributed by atoms with Crippen molar-refractivity contribution in [3.8, 4) is 5.75 Å². The molecule has 0 unspecified atom stereocenters. The number of hydrogen-bond donors (Lipinski definition) is 0. The normalized spacial score (nSPS) is 25.4. The fraction of sp³-hybridized carbons (Fsp3) is 0.208. The van der Waals surface area contributed by atoms with E-state index in [1.54, 1.807) is 18.9 Å². The fourth-order valence-corrected chi connectivity index (χ4v) is 6.22. The summed E-state index contributed by atoms with van der Waals surface area (Å²) in [5.41, 5.74) is 2.63. The van der Waals surface area contributed by atoms with Crippen LogP contribution in [0.25, 0.3) is 0 Å². The molecule has 2 heterocycles. The van der Waals surface area contributed by atoms with E-state index in [0.29, 0.717) is 0 Å². The zero-order chi connectivity index (χ0) is 20.0. The molecular weight excluding hydrogens is 402 g/mol. The van der Waals surface area contributed by atoms with Crippen molar-refractivity contribution in [1.29, 1.82) is 0 Å². The molecule has 0 radical (unpaired) electrons. The predicted molar refractivity (Wildman–Crippen MR) is 118 cm³/mol. The Balaban J connectivity index is 1.70. The third kappa shape index (κ3) is 2.77. The third-order valence-corrected chi connectivity index (χ3v) is 7.76. The first kappa shape index (κ1) is 18.6. The summed E-state index contributed by atoms with van der Waals surface area (Å²) in [5.74, 6) is 0.751. The quantitative estimate of drug-likeness (QED) is 0.396. The number of carbonyl (C=O) groups excluding carboxylic acids is 1. The maximum Gasteiger partial charge on any atom is 0.248 e. The number of amides is 1. The lowest BCUT2D eigenvalue weighted by molar-refractivity contribution is -0.127. The van der Waals surface area contributed by atoms with Crippen LogP contribution in [0.2, 0.25) is 0 Å². The number of carbonyl (C=O) groups is 1. The van der Waals surface area contributed by atoms with E-state index in [-0.39, 0.29) is 11.2 Å². The van der Waals surface area contributed by atoms with E-state index in [1.807, 2.05) is 53.4 Å². The van der Waals surface area contributed by atoms with Gasteiger partial charge in [0.15, 0.2) is 0 Å². The Morgan fingerprint density at radius 1 is 1.00 bits per heavy atom. The predicted octanol–water partition coefficient (Wildman–Crippen LogP) is 5.78. The van der Waals surface area contributed by atoms with Crippen molar-refractivity contribution < 1.29 is 9.53 Å². The van der Waals surface area contributed by atoms with Gasteiger partial charge in [-0.25, -0.2) is 0 Å². The molecule has 146 valence electrons. The van der Waals surface area contributed by atoms with Gasteiger partial charge in [0.1, 0.15) is 11.1 Å². The Kier molecular flexibility index (Phi) is 4.56. The summed E-state index contributed by atoms with van der Waals surface area (Å²) in [7, 11) is 1.65. The highest BCUT2D eigenvalue weighted by atomic mass is 35.5. The zero-order valence-electron chi connectivity index (χ0n) is 15.9. The Hall–Kier alpha value is -2.43. The van der Waals surface area contributed by atoms with Gasteiger partial charge in [-0.05, 0) is 41.8 Å². The number of β-lactam (4-membered cyclic amide) rings is 1. The van der Waals surface area contributed by atoms with Crippen LogP contribution in [0.4, 0.5) is 5.69 Å². The van der Waals surface area contributed by atoms with Crippen LogP contribution in [0, 0.1) is 0 Å². The molecule has 0 N–H and O–H groups in total. The maximum atomic E-state index is 13.0. The second-order valence-corrected chi connectivity index (χ2v) is 9.06. The van der Waals surface area contributed by atoms with Crippen LogP contribution < -0.4 is 9.64 Å². The summed E-state index contributed by atoms with van der Waals surface area (Å²) >= 11 is 8.60. The van der Waals surface area contributed by atoms with Gasteiger partial charge in [0.2, 0.25) is 5.91 Å². The number of alkyl halides is 1. The summed E-state index contributed by atoms with van der Waals surface area (Å²) in [6.45, 7) is 0.